The van der Waals surface area contributed by atoms with E-state index >= 15 is 0 Å². The van der Waals surface area contributed by atoms with Crippen molar-refractivity contribution in [2.45, 2.75) is 33.2 Å². The van der Waals surface area contributed by atoms with Gasteiger partial charge in [0.15, 0.2) is 5.82 Å². The number of ether oxygens (including phenoxy) is 1. The van der Waals surface area contributed by atoms with Crippen molar-refractivity contribution in [1.82, 2.24) is 15.3 Å². The molecule has 1 N–H and O–H groups in total. The summed E-state index contributed by atoms with van der Waals surface area (Å²) in [5.74, 6) is 1.28. The standard InChI is InChI=1S/C24H28N4O2/c1-3-30-24-22(26-20-8-4-5-9-21(20)27-24)28-14-6-7-19(16-28)23(29)25-15-18-12-10-17(2)11-13-18/h4-5,8-13,19H,3,6-7,14-16H2,1-2H3,(H,25,29). The predicted octanol–water partition coefficient (Wildman–Crippen LogP) is 3.87. The number of carbonyl (C=O) groups is 1. The number of benzene rings is 2. The van der Waals surface area contributed by atoms with Crippen LogP contribution in [-0.2, 0) is 11.3 Å². The number of nitrogens with one attached hydrogen (secondary N) is 1. The van der Waals surface area contributed by atoms with E-state index in [-0.39, 0.29) is 11.8 Å². The second-order valence-corrected chi connectivity index (χ2v) is 7.76. The Balaban J connectivity index is 1.48. The zero-order valence-corrected chi connectivity index (χ0v) is 17.6. The Bertz CT molecular complexity index is 1020. The maximum Gasteiger partial charge on any atom is 0.258 e. The molecule has 2 aromatic carbocycles. The molecule has 30 heavy (non-hydrogen) atoms. The van der Waals surface area contributed by atoms with Crippen molar-refractivity contribution < 1.29 is 9.53 Å². The lowest BCUT2D eigenvalue weighted by molar-refractivity contribution is -0.125. The normalized spacial score (nSPS) is 16.5. The fourth-order valence-electron chi connectivity index (χ4n) is 3.84. The van der Waals surface area contributed by atoms with Gasteiger partial charge in [0, 0.05) is 19.6 Å². The molecule has 0 bridgehead atoms. The molecule has 1 fully saturated rings. The van der Waals surface area contributed by atoms with E-state index in [1.807, 2.05) is 31.2 Å². The number of aryl methyl sites for hydroxylation is 1. The van der Waals surface area contributed by atoms with Crippen LogP contribution >= 0.6 is 0 Å². The molecule has 4 rings (SSSR count). The smallest absolute Gasteiger partial charge is 0.258 e. The van der Waals surface area contributed by atoms with Crippen LogP contribution in [0.5, 0.6) is 5.88 Å². The zero-order chi connectivity index (χ0) is 20.9. The number of hydrogen-bond donors (Lipinski definition) is 1. The molecular formula is C24H28N4O2. The number of aromatic nitrogens is 2. The first-order valence-corrected chi connectivity index (χ1v) is 10.6. The summed E-state index contributed by atoms with van der Waals surface area (Å²) in [5, 5.41) is 3.10. The van der Waals surface area contributed by atoms with Crippen LogP contribution in [0, 0.1) is 12.8 Å². The molecule has 1 aliphatic heterocycles. The topological polar surface area (TPSA) is 67.4 Å². The van der Waals surface area contributed by atoms with Crippen LogP contribution in [0.15, 0.2) is 48.5 Å². The summed E-state index contributed by atoms with van der Waals surface area (Å²) in [7, 11) is 0. The molecule has 6 heteroatoms. The first-order chi connectivity index (χ1) is 14.6. The summed E-state index contributed by atoms with van der Waals surface area (Å²) in [6.45, 7) is 6.54. The maximum absolute atomic E-state index is 12.8. The van der Waals surface area contributed by atoms with Crippen molar-refractivity contribution in [3.8, 4) is 5.88 Å². The van der Waals surface area contributed by atoms with Gasteiger partial charge in [0.25, 0.3) is 5.88 Å². The summed E-state index contributed by atoms with van der Waals surface area (Å²) < 4.78 is 5.79. The maximum atomic E-state index is 12.8. The fraction of sp³-hybridized carbons (Fsp3) is 0.375. The lowest BCUT2D eigenvalue weighted by Crippen LogP contribution is -2.43. The van der Waals surface area contributed by atoms with Gasteiger partial charge in [0.2, 0.25) is 5.91 Å². The first-order valence-electron chi connectivity index (χ1n) is 10.6. The zero-order valence-electron chi connectivity index (χ0n) is 17.6. The van der Waals surface area contributed by atoms with Gasteiger partial charge in [-0.15, -0.1) is 0 Å². The molecule has 3 aromatic rings. The van der Waals surface area contributed by atoms with Crippen molar-refractivity contribution in [2.75, 3.05) is 24.6 Å². The minimum Gasteiger partial charge on any atom is -0.475 e. The molecule has 0 spiro atoms. The van der Waals surface area contributed by atoms with Gasteiger partial charge in [0.1, 0.15) is 0 Å². The van der Waals surface area contributed by atoms with Crippen LogP contribution in [0.2, 0.25) is 0 Å². The summed E-state index contributed by atoms with van der Waals surface area (Å²) >= 11 is 0. The average molecular weight is 405 g/mol. The first kappa shape index (κ1) is 20.1. The van der Waals surface area contributed by atoms with Crippen molar-refractivity contribution >= 4 is 22.8 Å². The molecule has 1 unspecified atom stereocenters. The van der Waals surface area contributed by atoms with Gasteiger partial charge in [0.05, 0.1) is 23.6 Å². The van der Waals surface area contributed by atoms with E-state index < -0.39 is 0 Å². The third kappa shape index (κ3) is 4.53. The second kappa shape index (κ2) is 9.11. The third-order valence-corrected chi connectivity index (χ3v) is 5.48. The Morgan fingerprint density at radius 3 is 2.60 bits per heavy atom. The van der Waals surface area contributed by atoms with Crippen molar-refractivity contribution in [2.24, 2.45) is 5.92 Å². The molecule has 1 amide bonds. The minimum atomic E-state index is -0.0769. The molecule has 0 saturated carbocycles. The van der Waals surface area contributed by atoms with Crippen molar-refractivity contribution in [3.05, 3.63) is 59.7 Å². The number of piperidine rings is 1. The molecular weight excluding hydrogens is 376 g/mol. The molecule has 1 saturated heterocycles. The minimum absolute atomic E-state index is 0.0769. The van der Waals surface area contributed by atoms with Crippen LogP contribution in [-0.4, -0.2) is 35.6 Å². The number of nitrogens with zero attached hydrogens (tertiary/aromatic N) is 3. The Morgan fingerprint density at radius 2 is 1.87 bits per heavy atom. The number of carbonyl (C=O) groups excluding carboxylic acids is 1. The van der Waals surface area contributed by atoms with E-state index in [4.69, 9.17) is 9.72 Å². The van der Waals surface area contributed by atoms with Crippen LogP contribution in [0.3, 0.4) is 0 Å². The lowest BCUT2D eigenvalue weighted by atomic mass is 9.97. The molecule has 2 heterocycles. The predicted molar refractivity (Wildman–Crippen MR) is 119 cm³/mol. The molecule has 1 aromatic heterocycles. The molecule has 1 atom stereocenters. The van der Waals surface area contributed by atoms with Gasteiger partial charge in [-0.3, -0.25) is 4.79 Å². The van der Waals surface area contributed by atoms with Crippen molar-refractivity contribution in [1.29, 1.82) is 0 Å². The molecule has 1 aliphatic rings. The van der Waals surface area contributed by atoms with E-state index in [0.717, 1.165) is 41.8 Å². The number of fused-ring (bicyclic) bond motifs is 1. The fourth-order valence-corrected chi connectivity index (χ4v) is 3.84. The van der Waals surface area contributed by atoms with Gasteiger partial charge >= 0.3 is 0 Å². The number of rotatable bonds is 6. The number of amides is 1. The van der Waals surface area contributed by atoms with E-state index in [0.29, 0.717) is 25.6 Å². The number of para-hydroxylation sites is 2. The Morgan fingerprint density at radius 1 is 1.13 bits per heavy atom. The van der Waals surface area contributed by atoms with Crippen molar-refractivity contribution in [3.63, 3.8) is 0 Å². The van der Waals surface area contributed by atoms with Gasteiger partial charge in [-0.2, -0.15) is 0 Å². The summed E-state index contributed by atoms with van der Waals surface area (Å²) in [6.07, 6.45) is 1.81. The molecule has 0 radical (unpaired) electrons. The summed E-state index contributed by atoms with van der Waals surface area (Å²) in [6, 6.07) is 16.0. The number of hydrogen-bond acceptors (Lipinski definition) is 5. The highest BCUT2D eigenvalue weighted by atomic mass is 16.5. The van der Waals surface area contributed by atoms with Crippen LogP contribution in [0.1, 0.15) is 30.9 Å². The van der Waals surface area contributed by atoms with Crippen LogP contribution in [0.25, 0.3) is 11.0 Å². The van der Waals surface area contributed by atoms with E-state index in [1.54, 1.807) is 0 Å². The average Bonchev–Trinajstić information content (AvgIpc) is 2.78. The Labute approximate surface area is 177 Å². The summed E-state index contributed by atoms with van der Waals surface area (Å²) in [4.78, 5) is 24.5. The van der Waals surface area contributed by atoms with Gasteiger partial charge < -0.3 is 15.0 Å². The highest BCUT2D eigenvalue weighted by molar-refractivity contribution is 5.80. The highest BCUT2D eigenvalue weighted by Crippen LogP contribution is 2.30. The van der Waals surface area contributed by atoms with Gasteiger partial charge in [-0.05, 0) is 44.4 Å². The quantitative estimate of drug-likeness (QED) is 0.676. The second-order valence-electron chi connectivity index (χ2n) is 7.76. The summed E-state index contributed by atoms with van der Waals surface area (Å²) in [5.41, 5.74) is 3.98. The lowest BCUT2D eigenvalue weighted by Gasteiger charge is -2.33. The van der Waals surface area contributed by atoms with E-state index in [9.17, 15) is 4.79 Å². The van der Waals surface area contributed by atoms with Crippen LogP contribution < -0.4 is 15.0 Å². The van der Waals surface area contributed by atoms with Gasteiger partial charge in [-0.1, -0.05) is 42.0 Å². The highest BCUT2D eigenvalue weighted by Gasteiger charge is 2.28. The molecule has 156 valence electrons. The SMILES string of the molecule is CCOc1nc2ccccc2nc1N1CCCC(C(=O)NCc2ccc(C)cc2)C1. The van der Waals surface area contributed by atoms with Gasteiger partial charge in [-0.25, -0.2) is 9.97 Å². The Hall–Kier alpha value is -3.15. The monoisotopic (exact) mass is 404 g/mol. The van der Waals surface area contributed by atoms with E-state index in [2.05, 4.69) is 46.4 Å². The van der Waals surface area contributed by atoms with Crippen LogP contribution in [0.4, 0.5) is 5.82 Å². The molecule has 6 nitrogen and oxygen atoms in total. The third-order valence-electron chi connectivity index (χ3n) is 5.48. The number of anilines is 1. The Kier molecular flexibility index (Phi) is 6.12. The largest absolute Gasteiger partial charge is 0.475 e. The van der Waals surface area contributed by atoms with E-state index in [1.165, 1.54) is 5.56 Å². The molecule has 0 aliphatic carbocycles.